The van der Waals surface area contributed by atoms with E-state index in [0.717, 1.165) is 35.4 Å². The number of cyclic esters (lactones) is 1. The van der Waals surface area contributed by atoms with E-state index in [1.54, 1.807) is 20.8 Å². The molecule has 1 aliphatic heterocycles. The quantitative estimate of drug-likeness (QED) is 0.418. The van der Waals surface area contributed by atoms with Crippen molar-refractivity contribution in [2.75, 3.05) is 5.75 Å². The number of aryl methyl sites for hydroxylation is 1. The lowest BCUT2D eigenvalue weighted by Gasteiger charge is -2.29. The van der Waals surface area contributed by atoms with Gasteiger partial charge in [-0.25, -0.2) is 0 Å². The maximum atomic E-state index is 13.1. The zero-order valence-corrected chi connectivity index (χ0v) is 22.4. The first-order valence-corrected chi connectivity index (χ1v) is 12.9. The maximum absolute atomic E-state index is 13.1. The number of aliphatic hydroxyl groups excluding tert-OH is 1. The summed E-state index contributed by atoms with van der Waals surface area (Å²) in [6, 6.07) is 5.84. The smallest absolute Gasteiger partial charge is 0.316 e. The molecule has 0 saturated carbocycles. The first-order valence-electron chi connectivity index (χ1n) is 11.9. The van der Waals surface area contributed by atoms with Crippen molar-refractivity contribution in [3.8, 4) is 0 Å². The minimum atomic E-state index is -0.830. The second-order valence-electron chi connectivity index (χ2n) is 9.74. The van der Waals surface area contributed by atoms with Gasteiger partial charge in [-0.05, 0) is 83.7 Å². The van der Waals surface area contributed by atoms with Gasteiger partial charge in [0.1, 0.15) is 6.10 Å². The fourth-order valence-corrected chi connectivity index (χ4v) is 4.82. The van der Waals surface area contributed by atoms with Gasteiger partial charge in [0, 0.05) is 18.0 Å². The Morgan fingerprint density at radius 3 is 2.59 bits per heavy atom. The fourth-order valence-electron chi connectivity index (χ4n) is 3.95. The van der Waals surface area contributed by atoms with Gasteiger partial charge in [-0.3, -0.25) is 14.6 Å². The standard InChI is InChI=1S/C28H39NO4S/c1-18-10-8-11-19(2)26(31)22(5)27(32)28(6,7)34-17-25(30)33-24(15-14-18)20(3)16-23-13-9-12-21(4)29-23/h9,11-14,16,22,24,26,31H,8,10,15,17H2,1-7H3/t22-,24+,26+/m1/s1. The van der Waals surface area contributed by atoms with E-state index in [2.05, 4.69) is 18.0 Å². The number of Topliss-reactive ketones (excluding diaryl/α,β-unsaturated/α-hetero) is 1. The van der Waals surface area contributed by atoms with Gasteiger partial charge < -0.3 is 9.84 Å². The molecule has 1 aromatic heterocycles. The van der Waals surface area contributed by atoms with Gasteiger partial charge in [0.25, 0.3) is 0 Å². The lowest BCUT2D eigenvalue weighted by atomic mass is 9.88. The van der Waals surface area contributed by atoms with Gasteiger partial charge in [0.2, 0.25) is 0 Å². The average Bonchev–Trinajstić information content (AvgIpc) is 2.78. The van der Waals surface area contributed by atoms with Crippen molar-refractivity contribution in [2.45, 2.75) is 84.7 Å². The highest BCUT2D eigenvalue weighted by atomic mass is 32.2. The highest BCUT2D eigenvalue weighted by Crippen LogP contribution is 2.31. The SMILES string of the molecule is CC1=CC[C@@H](C(C)=Cc2cccc(C)n2)OC(=O)CSC(C)(C)C(=O)[C@H](C)[C@@H](O)C(C)=CCC1. The molecule has 0 bridgehead atoms. The number of esters is 1. The first kappa shape index (κ1) is 28.1. The first-order chi connectivity index (χ1) is 15.9. The van der Waals surface area contributed by atoms with Crippen molar-refractivity contribution in [2.24, 2.45) is 5.92 Å². The topological polar surface area (TPSA) is 76.5 Å². The Bertz CT molecular complexity index is 976. The van der Waals surface area contributed by atoms with Crippen LogP contribution in [0.4, 0.5) is 0 Å². The van der Waals surface area contributed by atoms with E-state index in [1.807, 2.05) is 51.1 Å². The van der Waals surface area contributed by atoms with E-state index in [1.165, 1.54) is 17.3 Å². The summed E-state index contributed by atoms with van der Waals surface area (Å²) in [6.45, 7) is 13.2. The van der Waals surface area contributed by atoms with E-state index in [9.17, 15) is 14.7 Å². The predicted molar refractivity (Wildman–Crippen MR) is 141 cm³/mol. The molecule has 34 heavy (non-hydrogen) atoms. The second kappa shape index (κ2) is 12.5. The molecule has 0 unspecified atom stereocenters. The molecule has 6 heteroatoms. The minimum absolute atomic E-state index is 0.0611. The van der Waals surface area contributed by atoms with Gasteiger partial charge >= 0.3 is 5.97 Å². The summed E-state index contributed by atoms with van der Waals surface area (Å²) in [4.78, 5) is 30.4. The van der Waals surface area contributed by atoms with Crippen LogP contribution in [0.15, 0.2) is 47.1 Å². The summed E-state index contributed by atoms with van der Waals surface area (Å²) >= 11 is 1.26. The molecule has 1 N–H and O–H groups in total. The van der Waals surface area contributed by atoms with Crippen LogP contribution in [0.3, 0.4) is 0 Å². The van der Waals surface area contributed by atoms with E-state index in [0.29, 0.717) is 6.42 Å². The molecule has 2 heterocycles. The number of aliphatic hydroxyl groups is 1. The lowest BCUT2D eigenvalue weighted by Crippen LogP contribution is -2.39. The number of allylic oxidation sites excluding steroid dienone is 2. The predicted octanol–water partition coefficient (Wildman–Crippen LogP) is 5.86. The molecule has 186 valence electrons. The maximum Gasteiger partial charge on any atom is 0.316 e. The van der Waals surface area contributed by atoms with Crippen LogP contribution in [-0.4, -0.2) is 44.6 Å². The lowest BCUT2D eigenvalue weighted by molar-refractivity contribution is -0.143. The Kier molecular flexibility index (Phi) is 10.3. The largest absolute Gasteiger partial charge is 0.457 e. The van der Waals surface area contributed by atoms with Crippen molar-refractivity contribution in [3.05, 3.63) is 58.5 Å². The van der Waals surface area contributed by atoms with E-state index in [-0.39, 0.29) is 17.5 Å². The summed E-state index contributed by atoms with van der Waals surface area (Å²) in [6.07, 6.45) is 7.03. The van der Waals surface area contributed by atoms with Crippen LogP contribution in [0.25, 0.3) is 6.08 Å². The zero-order chi connectivity index (χ0) is 25.5. The third kappa shape index (κ3) is 8.24. The van der Waals surface area contributed by atoms with Gasteiger partial charge in [0.05, 0.1) is 22.3 Å². The number of rotatable bonds is 2. The van der Waals surface area contributed by atoms with Crippen molar-refractivity contribution in [3.63, 3.8) is 0 Å². The van der Waals surface area contributed by atoms with E-state index >= 15 is 0 Å². The van der Waals surface area contributed by atoms with Crippen LogP contribution in [-0.2, 0) is 14.3 Å². The molecule has 0 spiro atoms. The third-order valence-corrected chi connectivity index (χ3v) is 7.55. The molecule has 1 aromatic rings. The zero-order valence-electron chi connectivity index (χ0n) is 21.6. The molecule has 2 rings (SSSR count). The molecular formula is C28H39NO4S. The summed E-state index contributed by atoms with van der Waals surface area (Å²) < 4.78 is 5.06. The van der Waals surface area contributed by atoms with Crippen LogP contribution >= 0.6 is 11.8 Å². The molecule has 3 atom stereocenters. The highest BCUT2D eigenvalue weighted by Gasteiger charge is 2.36. The van der Waals surface area contributed by atoms with Crippen LogP contribution < -0.4 is 0 Å². The number of carbonyl (C=O) groups is 2. The molecule has 0 saturated heterocycles. The molecule has 0 fully saturated rings. The Hall–Kier alpha value is -2.18. The minimum Gasteiger partial charge on any atom is -0.457 e. The number of hydrogen-bond acceptors (Lipinski definition) is 6. The molecule has 1 aliphatic rings. The summed E-state index contributed by atoms with van der Waals surface area (Å²) in [5.74, 6) is -0.930. The van der Waals surface area contributed by atoms with Crippen LogP contribution in [0.2, 0.25) is 0 Å². The summed E-state index contributed by atoms with van der Waals surface area (Å²) in [5.41, 5.74) is 4.68. The molecule has 5 nitrogen and oxygen atoms in total. The third-order valence-electron chi connectivity index (χ3n) is 6.25. The Morgan fingerprint density at radius 2 is 1.91 bits per heavy atom. The molecule has 0 aromatic carbocycles. The number of nitrogens with zero attached hydrogens (tertiary/aromatic N) is 1. The van der Waals surface area contributed by atoms with Crippen molar-refractivity contribution >= 4 is 29.6 Å². The number of ether oxygens (including phenoxy) is 1. The Balaban J connectivity index is 2.33. The number of thioether (sulfide) groups is 1. The van der Waals surface area contributed by atoms with Crippen molar-refractivity contribution < 1.29 is 19.4 Å². The second-order valence-corrected chi connectivity index (χ2v) is 11.3. The summed E-state index contributed by atoms with van der Waals surface area (Å²) in [5, 5.41) is 10.7. The van der Waals surface area contributed by atoms with Crippen LogP contribution in [0.1, 0.15) is 72.2 Å². The van der Waals surface area contributed by atoms with E-state index < -0.39 is 22.9 Å². The van der Waals surface area contributed by atoms with Crippen LogP contribution in [0, 0.1) is 12.8 Å². The highest BCUT2D eigenvalue weighted by molar-refractivity contribution is 8.02. The number of pyridine rings is 1. The van der Waals surface area contributed by atoms with Crippen molar-refractivity contribution in [1.29, 1.82) is 0 Å². The molecule has 0 aliphatic carbocycles. The Labute approximate surface area is 208 Å². The normalized spacial score (nSPS) is 25.9. The van der Waals surface area contributed by atoms with Gasteiger partial charge in [-0.15, -0.1) is 11.8 Å². The Morgan fingerprint density at radius 1 is 1.21 bits per heavy atom. The summed E-state index contributed by atoms with van der Waals surface area (Å²) in [7, 11) is 0. The number of ketones is 1. The molecule has 0 amide bonds. The number of carbonyl (C=O) groups excluding carboxylic acids is 2. The fraction of sp³-hybridized carbons (Fsp3) is 0.536. The number of aromatic nitrogens is 1. The van der Waals surface area contributed by atoms with Crippen LogP contribution in [0.5, 0.6) is 0 Å². The monoisotopic (exact) mass is 485 g/mol. The van der Waals surface area contributed by atoms with Gasteiger partial charge in [-0.1, -0.05) is 30.7 Å². The number of hydrogen-bond donors (Lipinski definition) is 1. The van der Waals surface area contributed by atoms with Gasteiger partial charge in [0.15, 0.2) is 5.78 Å². The molecule has 0 radical (unpaired) electrons. The average molecular weight is 486 g/mol. The van der Waals surface area contributed by atoms with Crippen molar-refractivity contribution in [1.82, 2.24) is 4.98 Å². The van der Waals surface area contributed by atoms with Gasteiger partial charge in [-0.2, -0.15) is 0 Å². The van der Waals surface area contributed by atoms with E-state index in [4.69, 9.17) is 4.74 Å². The molecular weight excluding hydrogens is 446 g/mol.